The highest BCUT2D eigenvalue weighted by Gasteiger charge is 2.20. The Labute approximate surface area is 102 Å². The maximum Gasteiger partial charge on any atom is 0.257 e. The molecule has 0 saturated heterocycles. The third-order valence-corrected chi connectivity index (χ3v) is 3.03. The Morgan fingerprint density at radius 2 is 2.18 bits per heavy atom. The average molecular weight is 236 g/mol. The third-order valence-electron chi connectivity index (χ3n) is 3.03. The molecule has 0 aliphatic rings. The smallest absolute Gasteiger partial charge is 0.257 e. The molecule has 0 heterocycles. The van der Waals surface area contributed by atoms with E-state index in [2.05, 4.69) is 0 Å². The van der Waals surface area contributed by atoms with E-state index in [-0.39, 0.29) is 17.7 Å². The second kappa shape index (κ2) is 5.68. The van der Waals surface area contributed by atoms with Gasteiger partial charge in [0.1, 0.15) is 5.75 Å². The molecule has 1 unspecified atom stereocenters. The van der Waals surface area contributed by atoms with Gasteiger partial charge in [0.25, 0.3) is 5.91 Å². The number of phenolic OH excluding ortho intramolecular Hbond substituents is 1. The van der Waals surface area contributed by atoms with Crippen molar-refractivity contribution in [1.29, 1.82) is 0 Å². The molecule has 0 aromatic heterocycles. The molecule has 0 fully saturated rings. The predicted octanol–water partition coefficient (Wildman–Crippen LogP) is 1.51. The average Bonchev–Trinajstić information content (AvgIpc) is 2.31. The van der Waals surface area contributed by atoms with E-state index < -0.39 is 0 Å². The molecule has 4 heteroatoms. The lowest BCUT2D eigenvalue weighted by Crippen LogP contribution is -2.36. The van der Waals surface area contributed by atoms with Crippen molar-refractivity contribution in [3.8, 4) is 5.75 Å². The molecule has 1 aromatic rings. The maximum atomic E-state index is 12.2. The lowest BCUT2D eigenvalue weighted by atomic mass is 10.1. The molecule has 4 nitrogen and oxygen atoms in total. The molecular formula is C13H20N2O2. The number of para-hydroxylation sites is 1. The van der Waals surface area contributed by atoms with Gasteiger partial charge in [-0.1, -0.05) is 12.1 Å². The van der Waals surface area contributed by atoms with E-state index in [9.17, 15) is 9.90 Å². The van der Waals surface area contributed by atoms with Crippen LogP contribution in [0.15, 0.2) is 18.2 Å². The number of aryl methyl sites for hydroxylation is 1. The second-order valence-corrected chi connectivity index (χ2v) is 4.31. The minimum absolute atomic E-state index is 0.0595. The van der Waals surface area contributed by atoms with E-state index in [1.807, 2.05) is 6.92 Å². The largest absolute Gasteiger partial charge is 0.507 e. The molecule has 0 saturated carbocycles. The van der Waals surface area contributed by atoms with Gasteiger partial charge in [-0.15, -0.1) is 0 Å². The van der Waals surface area contributed by atoms with Crippen molar-refractivity contribution >= 4 is 5.91 Å². The number of rotatable bonds is 4. The Hall–Kier alpha value is -1.55. The maximum absolute atomic E-state index is 12.2. The van der Waals surface area contributed by atoms with Gasteiger partial charge in [0.15, 0.2) is 0 Å². The van der Waals surface area contributed by atoms with Crippen LogP contribution in [-0.2, 0) is 0 Å². The summed E-state index contributed by atoms with van der Waals surface area (Å²) in [5.74, 6) is -0.114. The molecule has 0 radical (unpaired) electrons. The third kappa shape index (κ3) is 2.97. The summed E-state index contributed by atoms with van der Waals surface area (Å²) in [5, 5.41) is 9.86. The second-order valence-electron chi connectivity index (χ2n) is 4.31. The quantitative estimate of drug-likeness (QED) is 0.832. The molecule has 3 N–H and O–H groups in total. The zero-order chi connectivity index (χ0) is 13.0. The molecule has 0 bridgehead atoms. The Balaban J connectivity index is 2.93. The highest BCUT2D eigenvalue weighted by Crippen LogP contribution is 2.23. The van der Waals surface area contributed by atoms with Crippen molar-refractivity contribution in [3.63, 3.8) is 0 Å². The summed E-state index contributed by atoms with van der Waals surface area (Å²) in [6, 6.07) is 5.24. The minimum atomic E-state index is -0.174. The van der Waals surface area contributed by atoms with E-state index in [1.54, 1.807) is 37.1 Å². The van der Waals surface area contributed by atoms with Crippen LogP contribution in [0.5, 0.6) is 5.75 Å². The van der Waals surface area contributed by atoms with Gasteiger partial charge in [0, 0.05) is 13.1 Å². The van der Waals surface area contributed by atoms with E-state index in [0.717, 1.165) is 6.42 Å². The van der Waals surface area contributed by atoms with Gasteiger partial charge < -0.3 is 15.7 Å². The van der Waals surface area contributed by atoms with Crippen LogP contribution in [0.2, 0.25) is 0 Å². The molecule has 1 amide bonds. The van der Waals surface area contributed by atoms with Crippen LogP contribution in [0.4, 0.5) is 0 Å². The first-order valence-corrected chi connectivity index (χ1v) is 5.74. The van der Waals surface area contributed by atoms with Gasteiger partial charge in [-0.05, 0) is 38.4 Å². The van der Waals surface area contributed by atoms with Crippen molar-refractivity contribution in [2.45, 2.75) is 26.3 Å². The van der Waals surface area contributed by atoms with E-state index in [0.29, 0.717) is 17.7 Å². The Kier molecular flexibility index (Phi) is 4.52. The summed E-state index contributed by atoms with van der Waals surface area (Å²) in [7, 11) is 1.73. The van der Waals surface area contributed by atoms with Crippen molar-refractivity contribution in [2.24, 2.45) is 5.73 Å². The fraction of sp³-hybridized carbons (Fsp3) is 0.462. The van der Waals surface area contributed by atoms with Gasteiger partial charge in [0.05, 0.1) is 5.56 Å². The zero-order valence-electron chi connectivity index (χ0n) is 10.6. The van der Waals surface area contributed by atoms with Crippen LogP contribution in [0.3, 0.4) is 0 Å². The molecule has 0 aliphatic heterocycles. The number of amides is 1. The number of hydrogen-bond acceptors (Lipinski definition) is 3. The van der Waals surface area contributed by atoms with Crippen molar-refractivity contribution in [1.82, 2.24) is 4.90 Å². The Morgan fingerprint density at radius 3 is 2.76 bits per heavy atom. The van der Waals surface area contributed by atoms with Crippen LogP contribution in [0, 0.1) is 6.92 Å². The number of phenols is 1. The molecule has 1 aromatic carbocycles. The molecule has 1 rings (SSSR count). The van der Waals surface area contributed by atoms with Crippen LogP contribution in [0.25, 0.3) is 0 Å². The number of hydrogen-bond donors (Lipinski definition) is 2. The van der Waals surface area contributed by atoms with E-state index >= 15 is 0 Å². The van der Waals surface area contributed by atoms with Crippen molar-refractivity contribution in [2.75, 3.05) is 13.6 Å². The van der Waals surface area contributed by atoms with Crippen molar-refractivity contribution < 1.29 is 9.90 Å². The normalized spacial score (nSPS) is 12.2. The zero-order valence-corrected chi connectivity index (χ0v) is 10.6. The first-order valence-electron chi connectivity index (χ1n) is 5.74. The summed E-state index contributed by atoms with van der Waals surface area (Å²) in [5.41, 5.74) is 6.52. The topological polar surface area (TPSA) is 66.6 Å². The molecule has 0 spiro atoms. The lowest BCUT2D eigenvalue weighted by molar-refractivity contribution is 0.0736. The number of benzene rings is 1. The number of carbonyl (C=O) groups excluding carboxylic acids is 1. The molecule has 17 heavy (non-hydrogen) atoms. The van der Waals surface area contributed by atoms with Gasteiger partial charge in [0.2, 0.25) is 0 Å². The number of nitrogens with zero attached hydrogens (tertiary/aromatic N) is 1. The number of aromatic hydroxyl groups is 1. The van der Waals surface area contributed by atoms with E-state index in [4.69, 9.17) is 5.73 Å². The number of nitrogens with two attached hydrogens (primary N) is 1. The Morgan fingerprint density at radius 1 is 1.53 bits per heavy atom. The fourth-order valence-corrected chi connectivity index (χ4v) is 1.66. The summed E-state index contributed by atoms with van der Waals surface area (Å²) >= 11 is 0. The van der Waals surface area contributed by atoms with Gasteiger partial charge in [-0.2, -0.15) is 0 Å². The van der Waals surface area contributed by atoms with Gasteiger partial charge in [-0.25, -0.2) is 0 Å². The lowest BCUT2D eigenvalue weighted by Gasteiger charge is -2.25. The monoisotopic (exact) mass is 236 g/mol. The first-order chi connectivity index (χ1) is 7.99. The molecule has 0 aliphatic carbocycles. The SMILES string of the molecule is Cc1cccc(C(=O)N(C)C(C)CCN)c1O. The minimum Gasteiger partial charge on any atom is -0.507 e. The van der Waals surface area contributed by atoms with Crippen LogP contribution in [0.1, 0.15) is 29.3 Å². The molecule has 94 valence electrons. The van der Waals surface area contributed by atoms with E-state index in [1.165, 1.54) is 0 Å². The van der Waals surface area contributed by atoms with Crippen molar-refractivity contribution in [3.05, 3.63) is 29.3 Å². The molecule has 1 atom stereocenters. The highest BCUT2D eigenvalue weighted by molar-refractivity contribution is 5.97. The number of carbonyl (C=O) groups is 1. The van der Waals surface area contributed by atoms with Gasteiger partial charge >= 0.3 is 0 Å². The molecular weight excluding hydrogens is 216 g/mol. The fourth-order valence-electron chi connectivity index (χ4n) is 1.66. The van der Waals surface area contributed by atoms with Crippen LogP contribution >= 0.6 is 0 Å². The summed E-state index contributed by atoms with van der Waals surface area (Å²) in [4.78, 5) is 13.8. The van der Waals surface area contributed by atoms with Crippen LogP contribution < -0.4 is 5.73 Å². The van der Waals surface area contributed by atoms with Gasteiger partial charge in [-0.3, -0.25) is 4.79 Å². The summed E-state index contributed by atoms with van der Waals surface area (Å²) in [6.07, 6.45) is 0.745. The summed E-state index contributed by atoms with van der Waals surface area (Å²) in [6.45, 7) is 4.26. The predicted molar refractivity (Wildman–Crippen MR) is 68.1 cm³/mol. The standard InChI is InChI=1S/C13H20N2O2/c1-9-5-4-6-11(12(9)16)13(17)15(3)10(2)7-8-14/h4-6,10,16H,7-8,14H2,1-3H3. The summed E-state index contributed by atoms with van der Waals surface area (Å²) < 4.78 is 0. The van der Waals surface area contributed by atoms with Crippen LogP contribution in [-0.4, -0.2) is 35.5 Å². The first kappa shape index (κ1) is 13.5. The highest BCUT2D eigenvalue weighted by atomic mass is 16.3. The Bertz CT molecular complexity index is 404.